The van der Waals surface area contributed by atoms with E-state index in [1.165, 1.54) is 11.3 Å². The van der Waals surface area contributed by atoms with Crippen LogP contribution in [0, 0.1) is 0 Å². The van der Waals surface area contributed by atoms with E-state index >= 15 is 0 Å². The first-order valence-corrected chi connectivity index (χ1v) is 11.2. The van der Waals surface area contributed by atoms with Crippen LogP contribution >= 0.6 is 11.3 Å². The molecule has 27 heavy (non-hydrogen) atoms. The lowest BCUT2D eigenvalue weighted by Crippen LogP contribution is -2.15. The van der Waals surface area contributed by atoms with Crippen LogP contribution in [0.15, 0.2) is 63.7 Å². The second kappa shape index (κ2) is 6.55. The van der Waals surface area contributed by atoms with Crippen molar-refractivity contribution in [3.8, 4) is 10.6 Å². The predicted molar refractivity (Wildman–Crippen MR) is 107 cm³/mol. The molecule has 3 aromatic rings. The normalized spacial score (nSPS) is 15.1. The Kier molecular flexibility index (Phi) is 4.45. The zero-order chi connectivity index (χ0) is 19.2. The van der Waals surface area contributed by atoms with Gasteiger partial charge in [0.15, 0.2) is 0 Å². The van der Waals surface area contributed by atoms with Gasteiger partial charge in [-0.1, -0.05) is 42.5 Å². The van der Waals surface area contributed by atoms with Gasteiger partial charge < -0.3 is 5.11 Å². The standard InChI is InChI=1S/C21H21NO3S2/c1-21(2,23)16-10-12-17(13-11-16)27(24,25)20-18(14-8-9-14)22-19(26-20)15-6-4-3-5-7-15/h3-7,10-14,23H,8-9H2,1-2H3. The maximum Gasteiger partial charge on any atom is 0.217 e. The molecular weight excluding hydrogens is 378 g/mol. The third-order valence-electron chi connectivity index (χ3n) is 4.72. The second-order valence-electron chi connectivity index (χ2n) is 7.42. The van der Waals surface area contributed by atoms with E-state index in [-0.39, 0.29) is 10.8 Å². The lowest BCUT2D eigenvalue weighted by molar-refractivity contribution is 0.0785. The largest absolute Gasteiger partial charge is 0.386 e. The number of aromatic nitrogens is 1. The Bertz CT molecular complexity index is 1060. The SMILES string of the molecule is CC(C)(O)c1ccc(S(=O)(=O)c2sc(-c3ccccc3)nc2C2CC2)cc1. The first kappa shape index (κ1) is 18.3. The van der Waals surface area contributed by atoms with Crippen molar-refractivity contribution in [2.45, 2.75) is 47.3 Å². The van der Waals surface area contributed by atoms with E-state index in [9.17, 15) is 13.5 Å². The van der Waals surface area contributed by atoms with Crippen LogP contribution in [0.1, 0.15) is 43.9 Å². The Balaban J connectivity index is 1.78. The van der Waals surface area contributed by atoms with Gasteiger partial charge in [-0.25, -0.2) is 13.4 Å². The van der Waals surface area contributed by atoms with Crippen molar-refractivity contribution >= 4 is 21.2 Å². The van der Waals surface area contributed by atoms with Crippen LogP contribution in [0.25, 0.3) is 10.6 Å². The summed E-state index contributed by atoms with van der Waals surface area (Å²) in [5.41, 5.74) is 1.30. The molecule has 0 atom stereocenters. The monoisotopic (exact) mass is 399 g/mol. The van der Waals surface area contributed by atoms with E-state index in [0.29, 0.717) is 15.5 Å². The number of aliphatic hydroxyl groups is 1. The molecule has 0 spiro atoms. The van der Waals surface area contributed by atoms with E-state index in [2.05, 4.69) is 0 Å². The molecule has 2 aromatic carbocycles. The highest BCUT2D eigenvalue weighted by Gasteiger charge is 2.35. The van der Waals surface area contributed by atoms with Crippen molar-refractivity contribution in [1.29, 1.82) is 0 Å². The van der Waals surface area contributed by atoms with Gasteiger partial charge in [0.1, 0.15) is 9.22 Å². The van der Waals surface area contributed by atoms with Crippen molar-refractivity contribution < 1.29 is 13.5 Å². The molecule has 1 fully saturated rings. The van der Waals surface area contributed by atoms with E-state index in [1.54, 1.807) is 38.1 Å². The number of rotatable bonds is 5. The Labute approximate surface area is 163 Å². The van der Waals surface area contributed by atoms with Crippen LogP contribution < -0.4 is 0 Å². The topological polar surface area (TPSA) is 67.3 Å². The summed E-state index contributed by atoms with van der Waals surface area (Å²) in [4.78, 5) is 4.93. The molecule has 140 valence electrons. The molecule has 0 bridgehead atoms. The summed E-state index contributed by atoms with van der Waals surface area (Å²) in [7, 11) is -3.65. The van der Waals surface area contributed by atoms with Gasteiger partial charge in [-0.2, -0.15) is 0 Å². The zero-order valence-corrected chi connectivity index (χ0v) is 16.8. The second-order valence-corrected chi connectivity index (χ2v) is 10.6. The molecule has 1 aliphatic carbocycles. The van der Waals surface area contributed by atoms with Crippen LogP contribution in [0.2, 0.25) is 0 Å². The summed E-state index contributed by atoms with van der Waals surface area (Å²) in [5, 5.41) is 10.8. The Morgan fingerprint density at radius 2 is 1.67 bits per heavy atom. The van der Waals surface area contributed by atoms with Gasteiger partial charge in [0.25, 0.3) is 0 Å². The zero-order valence-electron chi connectivity index (χ0n) is 15.2. The van der Waals surface area contributed by atoms with Crippen molar-refractivity contribution in [3.05, 3.63) is 65.9 Å². The highest BCUT2D eigenvalue weighted by molar-refractivity contribution is 7.93. The summed E-state index contributed by atoms with van der Waals surface area (Å²) in [5.74, 6) is 0.235. The van der Waals surface area contributed by atoms with Gasteiger partial charge in [-0.3, -0.25) is 0 Å². The molecule has 1 heterocycles. The highest BCUT2D eigenvalue weighted by Crippen LogP contribution is 2.47. The summed E-state index contributed by atoms with van der Waals surface area (Å²) < 4.78 is 26.9. The molecule has 4 rings (SSSR count). The smallest absolute Gasteiger partial charge is 0.217 e. The van der Waals surface area contributed by atoms with Crippen LogP contribution in [0.3, 0.4) is 0 Å². The number of benzene rings is 2. The van der Waals surface area contributed by atoms with E-state index in [0.717, 1.165) is 23.4 Å². The molecule has 1 N–H and O–H groups in total. The summed E-state index contributed by atoms with van der Waals surface area (Å²) in [6.45, 7) is 3.36. The lowest BCUT2D eigenvalue weighted by Gasteiger charge is -2.17. The van der Waals surface area contributed by atoms with E-state index in [1.807, 2.05) is 30.3 Å². The molecule has 0 radical (unpaired) electrons. The maximum atomic E-state index is 13.3. The van der Waals surface area contributed by atoms with Gasteiger partial charge in [0, 0.05) is 11.5 Å². The molecular formula is C21H21NO3S2. The molecule has 0 amide bonds. The third-order valence-corrected chi connectivity index (χ3v) is 8.13. The molecule has 0 aliphatic heterocycles. The van der Waals surface area contributed by atoms with E-state index < -0.39 is 15.4 Å². The molecule has 1 saturated carbocycles. The summed E-state index contributed by atoms with van der Waals surface area (Å²) >= 11 is 1.24. The fourth-order valence-corrected chi connectivity index (χ4v) is 6.03. The quantitative estimate of drug-likeness (QED) is 0.672. The molecule has 0 saturated heterocycles. The average Bonchev–Trinajstić information content (AvgIpc) is 3.39. The number of sulfone groups is 1. The van der Waals surface area contributed by atoms with Crippen LogP contribution in [0.5, 0.6) is 0 Å². The molecule has 1 aromatic heterocycles. The van der Waals surface area contributed by atoms with Crippen LogP contribution in [-0.4, -0.2) is 18.5 Å². The number of nitrogens with zero attached hydrogens (tertiary/aromatic N) is 1. The summed E-state index contributed by atoms with van der Waals surface area (Å²) in [6.07, 6.45) is 1.97. The highest BCUT2D eigenvalue weighted by atomic mass is 32.2. The van der Waals surface area contributed by atoms with Crippen molar-refractivity contribution in [2.24, 2.45) is 0 Å². The maximum absolute atomic E-state index is 13.3. The minimum absolute atomic E-state index is 0.235. The van der Waals surface area contributed by atoms with Crippen molar-refractivity contribution in [1.82, 2.24) is 4.98 Å². The van der Waals surface area contributed by atoms with Crippen molar-refractivity contribution in [3.63, 3.8) is 0 Å². The Morgan fingerprint density at radius 3 is 2.22 bits per heavy atom. The molecule has 6 heteroatoms. The Hall–Kier alpha value is -2.02. The average molecular weight is 400 g/mol. The minimum atomic E-state index is -3.65. The van der Waals surface area contributed by atoms with Gasteiger partial charge >= 0.3 is 0 Å². The first-order valence-electron chi connectivity index (χ1n) is 8.91. The van der Waals surface area contributed by atoms with Gasteiger partial charge in [-0.05, 0) is 44.4 Å². The lowest BCUT2D eigenvalue weighted by atomic mass is 9.99. The van der Waals surface area contributed by atoms with Gasteiger partial charge in [0.05, 0.1) is 16.2 Å². The number of thiazole rings is 1. The fraction of sp³-hybridized carbons (Fsp3) is 0.286. The number of hydrogen-bond donors (Lipinski definition) is 1. The van der Waals surface area contributed by atoms with Crippen LogP contribution in [0.4, 0.5) is 0 Å². The molecule has 4 nitrogen and oxygen atoms in total. The van der Waals surface area contributed by atoms with Gasteiger partial charge in [0.2, 0.25) is 9.84 Å². The summed E-state index contributed by atoms with van der Waals surface area (Å²) in [6, 6.07) is 16.2. The number of hydrogen-bond acceptors (Lipinski definition) is 5. The predicted octanol–water partition coefficient (Wildman–Crippen LogP) is 4.75. The van der Waals surface area contributed by atoms with Gasteiger partial charge in [-0.15, -0.1) is 11.3 Å². The molecule has 0 unspecified atom stereocenters. The fourth-order valence-electron chi connectivity index (χ4n) is 2.98. The minimum Gasteiger partial charge on any atom is -0.386 e. The first-order chi connectivity index (χ1) is 12.8. The Morgan fingerprint density at radius 1 is 1.04 bits per heavy atom. The van der Waals surface area contributed by atoms with E-state index in [4.69, 9.17) is 4.98 Å². The molecule has 1 aliphatic rings. The van der Waals surface area contributed by atoms with Crippen molar-refractivity contribution in [2.75, 3.05) is 0 Å². The van der Waals surface area contributed by atoms with Crippen LogP contribution in [-0.2, 0) is 15.4 Å². The third kappa shape index (κ3) is 3.57.